The van der Waals surface area contributed by atoms with Crippen molar-refractivity contribution in [3.05, 3.63) is 33.3 Å². The van der Waals surface area contributed by atoms with Gasteiger partial charge in [-0.1, -0.05) is 27.5 Å². The Morgan fingerprint density at radius 1 is 1.65 bits per heavy atom. The number of rotatable bonds is 6. The number of ether oxygens (including phenoxy) is 1. The van der Waals surface area contributed by atoms with Crippen LogP contribution in [-0.4, -0.2) is 26.2 Å². The minimum atomic E-state index is -0.616. The van der Waals surface area contributed by atoms with Gasteiger partial charge in [0.15, 0.2) is 0 Å². The molecule has 4 nitrogen and oxygen atoms in total. The number of hydrogen-bond acceptors (Lipinski definition) is 3. The lowest BCUT2D eigenvalue weighted by atomic mass is 10.1. The van der Waals surface area contributed by atoms with Crippen LogP contribution in [0, 0.1) is 0 Å². The first kappa shape index (κ1) is 14.4. The van der Waals surface area contributed by atoms with Crippen LogP contribution in [0.15, 0.2) is 22.7 Å². The summed E-state index contributed by atoms with van der Waals surface area (Å²) >= 11 is 9.38. The van der Waals surface area contributed by atoms with Crippen LogP contribution in [-0.2, 0) is 9.53 Å². The number of nitrogens with two attached hydrogens (primary N) is 1. The van der Waals surface area contributed by atoms with Gasteiger partial charge in [-0.2, -0.15) is 0 Å². The van der Waals surface area contributed by atoms with Gasteiger partial charge >= 0.3 is 0 Å². The molecule has 3 N–H and O–H groups in total. The monoisotopic (exact) mass is 320 g/mol. The number of benzene rings is 1. The second-order valence-corrected chi connectivity index (χ2v) is 4.77. The van der Waals surface area contributed by atoms with Crippen molar-refractivity contribution in [2.45, 2.75) is 6.04 Å². The Labute approximate surface area is 114 Å². The molecule has 0 spiro atoms. The van der Waals surface area contributed by atoms with Gasteiger partial charge in [0.1, 0.15) is 6.04 Å². The molecule has 0 fully saturated rings. The van der Waals surface area contributed by atoms with E-state index < -0.39 is 11.9 Å². The molecule has 1 aromatic rings. The molecule has 0 saturated heterocycles. The summed E-state index contributed by atoms with van der Waals surface area (Å²) in [6.07, 6.45) is 0. The second kappa shape index (κ2) is 6.96. The van der Waals surface area contributed by atoms with E-state index >= 15 is 0 Å². The number of amides is 1. The summed E-state index contributed by atoms with van der Waals surface area (Å²) in [5.74, 6) is -0.471. The van der Waals surface area contributed by atoms with Gasteiger partial charge in [-0.15, -0.1) is 0 Å². The number of carbonyl (C=O) groups excluding carboxylic acids is 1. The van der Waals surface area contributed by atoms with E-state index in [0.29, 0.717) is 23.7 Å². The fraction of sp³-hybridized carbons (Fsp3) is 0.364. The molecule has 1 unspecified atom stereocenters. The van der Waals surface area contributed by atoms with Crippen molar-refractivity contribution in [2.24, 2.45) is 5.73 Å². The Morgan fingerprint density at radius 2 is 2.35 bits per heavy atom. The van der Waals surface area contributed by atoms with Gasteiger partial charge in [0.05, 0.1) is 6.61 Å². The molecule has 17 heavy (non-hydrogen) atoms. The predicted molar refractivity (Wildman–Crippen MR) is 71.0 cm³/mol. The predicted octanol–water partition coefficient (Wildman–Crippen LogP) is 1.86. The molecule has 1 aromatic carbocycles. The first-order chi connectivity index (χ1) is 8.06. The van der Waals surface area contributed by atoms with Crippen LogP contribution in [0.1, 0.15) is 11.6 Å². The first-order valence-corrected chi connectivity index (χ1v) is 6.20. The van der Waals surface area contributed by atoms with E-state index in [9.17, 15) is 4.79 Å². The highest BCUT2D eigenvalue weighted by molar-refractivity contribution is 9.10. The van der Waals surface area contributed by atoms with Crippen molar-refractivity contribution in [3.8, 4) is 0 Å². The Bertz CT molecular complexity index is 401. The van der Waals surface area contributed by atoms with Gasteiger partial charge in [0, 0.05) is 23.1 Å². The largest absolute Gasteiger partial charge is 0.383 e. The van der Waals surface area contributed by atoms with Crippen molar-refractivity contribution in [2.75, 3.05) is 20.3 Å². The van der Waals surface area contributed by atoms with Crippen LogP contribution >= 0.6 is 27.5 Å². The zero-order valence-corrected chi connectivity index (χ0v) is 11.7. The maximum absolute atomic E-state index is 11.4. The summed E-state index contributed by atoms with van der Waals surface area (Å²) in [6.45, 7) is 1.02. The van der Waals surface area contributed by atoms with Gasteiger partial charge in [0.25, 0.3) is 0 Å². The van der Waals surface area contributed by atoms with Crippen LogP contribution in [0.5, 0.6) is 0 Å². The molecular weight excluding hydrogens is 307 g/mol. The minimum Gasteiger partial charge on any atom is -0.383 e. The fourth-order valence-corrected chi connectivity index (χ4v) is 2.01. The van der Waals surface area contributed by atoms with E-state index in [2.05, 4.69) is 21.2 Å². The second-order valence-electron chi connectivity index (χ2n) is 3.45. The maximum Gasteiger partial charge on any atom is 0.239 e. The summed E-state index contributed by atoms with van der Waals surface area (Å²) in [5, 5.41) is 3.50. The first-order valence-electron chi connectivity index (χ1n) is 5.03. The van der Waals surface area contributed by atoms with E-state index in [4.69, 9.17) is 22.1 Å². The summed E-state index contributed by atoms with van der Waals surface area (Å²) in [5.41, 5.74) is 6.01. The minimum absolute atomic E-state index is 0.471. The molecule has 0 radical (unpaired) electrons. The molecule has 0 bridgehead atoms. The highest BCUT2D eigenvalue weighted by Crippen LogP contribution is 2.26. The van der Waals surface area contributed by atoms with Gasteiger partial charge in [-0.25, -0.2) is 0 Å². The van der Waals surface area contributed by atoms with Crippen molar-refractivity contribution < 1.29 is 9.53 Å². The quantitative estimate of drug-likeness (QED) is 0.786. The number of methoxy groups -OCH3 is 1. The van der Waals surface area contributed by atoms with E-state index in [1.807, 2.05) is 0 Å². The van der Waals surface area contributed by atoms with Crippen LogP contribution in [0.2, 0.25) is 5.02 Å². The standard InChI is InChI=1S/C11H14BrClN2O2/c1-17-5-4-15-10(11(14)16)8-6-7(12)2-3-9(8)13/h2-3,6,10,15H,4-5H2,1H3,(H2,14,16). The highest BCUT2D eigenvalue weighted by atomic mass is 79.9. The SMILES string of the molecule is COCCNC(C(N)=O)c1cc(Br)ccc1Cl. The molecule has 0 aromatic heterocycles. The smallest absolute Gasteiger partial charge is 0.239 e. The summed E-state index contributed by atoms with van der Waals surface area (Å²) in [6, 6.07) is 4.68. The normalized spacial score (nSPS) is 12.4. The Balaban J connectivity index is 2.89. The number of carbonyl (C=O) groups is 1. The van der Waals surface area contributed by atoms with E-state index in [1.165, 1.54) is 0 Å². The van der Waals surface area contributed by atoms with E-state index in [1.54, 1.807) is 25.3 Å². The lowest BCUT2D eigenvalue weighted by Gasteiger charge is -2.17. The molecule has 1 atom stereocenters. The summed E-state index contributed by atoms with van der Waals surface area (Å²) < 4.78 is 5.75. The van der Waals surface area contributed by atoms with Crippen molar-refractivity contribution >= 4 is 33.4 Å². The number of nitrogens with one attached hydrogen (secondary N) is 1. The Morgan fingerprint density at radius 3 is 2.94 bits per heavy atom. The number of halogens is 2. The third kappa shape index (κ3) is 4.27. The average Bonchev–Trinajstić information content (AvgIpc) is 2.28. The Hall–Kier alpha value is -0.620. The van der Waals surface area contributed by atoms with E-state index in [-0.39, 0.29) is 0 Å². The van der Waals surface area contributed by atoms with Crippen LogP contribution in [0.25, 0.3) is 0 Å². The molecule has 0 aliphatic rings. The molecule has 1 amide bonds. The summed E-state index contributed by atoms with van der Waals surface area (Å²) in [4.78, 5) is 11.4. The van der Waals surface area contributed by atoms with Gasteiger partial charge in [0.2, 0.25) is 5.91 Å². The zero-order chi connectivity index (χ0) is 12.8. The molecule has 0 heterocycles. The third-order valence-corrected chi connectivity index (χ3v) is 3.05. The molecule has 0 aliphatic heterocycles. The van der Waals surface area contributed by atoms with Crippen molar-refractivity contribution in [3.63, 3.8) is 0 Å². The molecule has 1 rings (SSSR count). The topological polar surface area (TPSA) is 64.3 Å². The van der Waals surface area contributed by atoms with Crippen LogP contribution in [0.3, 0.4) is 0 Å². The Kier molecular flexibility index (Phi) is 5.91. The van der Waals surface area contributed by atoms with Gasteiger partial charge < -0.3 is 10.5 Å². The molecule has 0 aliphatic carbocycles. The highest BCUT2D eigenvalue weighted by Gasteiger charge is 2.19. The molecule has 0 saturated carbocycles. The fourth-order valence-electron chi connectivity index (χ4n) is 1.40. The van der Waals surface area contributed by atoms with Gasteiger partial charge in [-0.3, -0.25) is 10.1 Å². The number of primary amides is 1. The third-order valence-electron chi connectivity index (χ3n) is 2.21. The zero-order valence-electron chi connectivity index (χ0n) is 9.37. The van der Waals surface area contributed by atoms with Crippen LogP contribution in [0.4, 0.5) is 0 Å². The maximum atomic E-state index is 11.4. The average molecular weight is 322 g/mol. The lowest BCUT2D eigenvalue weighted by molar-refractivity contribution is -0.120. The summed E-state index contributed by atoms with van der Waals surface area (Å²) in [7, 11) is 1.59. The van der Waals surface area contributed by atoms with Gasteiger partial charge in [-0.05, 0) is 23.8 Å². The molecular formula is C11H14BrClN2O2. The number of hydrogen-bond donors (Lipinski definition) is 2. The lowest BCUT2D eigenvalue weighted by Crippen LogP contribution is -2.35. The van der Waals surface area contributed by atoms with Crippen molar-refractivity contribution in [1.29, 1.82) is 0 Å². The van der Waals surface area contributed by atoms with Crippen molar-refractivity contribution in [1.82, 2.24) is 5.32 Å². The molecule has 94 valence electrons. The van der Waals surface area contributed by atoms with E-state index in [0.717, 1.165) is 4.47 Å². The van der Waals surface area contributed by atoms with Crippen LogP contribution < -0.4 is 11.1 Å². The molecule has 6 heteroatoms.